The van der Waals surface area contributed by atoms with Crippen molar-refractivity contribution < 1.29 is 22.1 Å². The molecule has 6 atom stereocenters. The van der Waals surface area contributed by atoms with Crippen LogP contribution in [-0.2, 0) is 21.4 Å². The van der Waals surface area contributed by atoms with Gasteiger partial charge in [0.25, 0.3) is 0 Å². The number of Topliss-reactive ketones (excluding diaryl/α,β-unsaturated/α-hetero) is 1. The zero-order valence-electron chi connectivity index (χ0n) is 17.1. The van der Waals surface area contributed by atoms with E-state index in [9.17, 15) is 22.1 Å². The predicted molar refractivity (Wildman–Crippen MR) is 111 cm³/mol. The van der Waals surface area contributed by atoms with Crippen molar-refractivity contribution in [1.82, 2.24) is 0 Å². The highest BCUT2D eigenvalue weighted by Crippen LogP contribution is 2.70. The van der Waals surface area contributed by atoms with E-state index in [0.717, 1.165) is 17.6 Å². The first-order chi connectivity index (χ1) is 13.5. The van der Waals surface area contributed by atoms with E-state index in [0.29, 0.717) is 27.8 Å². The van der Waals surface area contributed by atoms with Crippen LogP contribution in [0.15, 0.2) is 30.3 Å². The van der Waals surface area contributed by atoms with Gasteiger partial charge < -0.3 is 17.3 Å². The van der Waals surface area contributed by atoms with E-state index in [1.807, 2.05) is 0 Å². The molecule has 4 bridgehead atoms. The molecule has 4 fully saturated rings. The normalized spacial score (nSPS) is 39.5. The lowest BCUT2D eigenvalue weighted by molar-refractivity contribution is -0.130. The van der Waals surface area contributed by atoms with E-state index in [1.54, 1.807) is 0 Å². The second-order valence-electron chi connectivity index (χ2n) is 9.77. The summed E-state index contributed by atoms with van der Waals surface area (Å²) >= 11 is 0. The summed E-state index contributed by atoms with van der Waals surface area (Å²) in [6.07, 6.45) is 7.60. The Kier molecular flexibility index (Phi) is 5.36. The zero-order chi connectivity index (χ0) is 21.0. The van der Waals surface area contributed by atoms with Crippen molar-refractivity contribution in [2.75, 3.05) is 0 Å². The Hall–Kier alpha value is -0.975. The van der Waals surface area contributed by atoms with Crippen LogP contribution in [0.4, 0.5) is 17.3 Å². The summed E-state index contributed by atoms with van der Waals surface area (Å²) < 4.78 is 39.0. The van der Waals surface area contributed by atoms with Crippen LogP contribution in [0.5, 0.6) is 0 Å². The average Bonchev–Trinajstić information content (AvgIpc) is 3.32. The molecule has 5 rings (SSSR count). The van der Waals surface area contributed by atoms with E-state index in [4.69, 9.17) is 0 Å². The Bertz CT molecular complexity index is 762. The minimum Gasteiger partial charge on any atom is -0.418 e. The van der Waals surface area contributed by atoms with E-state index < -0.39 is 7.25 Å². The van der Waals surface area contributed by atoms with Crippen LogP contribution in [0, 0.1) is 22.7 Å². The lowest BCUT2D eigenvalue weighted by Gasteiger charge is -2.43. The molecule has 3 aliphatic carbocycles. The fraction of sp³-hybridized carbons (Fsp3) is 0.682. The molecular formula is C22H29BF4OS. The number of halogens is 4. The molecule has 0 spiro atoms. The first-order valence-corrected chi connectivity index (χ1v) is 12.2. The molecule has 0 aromatic heterocycles. The number of benzene rings is 1. The van der Waals surface area contributed by atoms with Crippen molar-refractivity contribution in [3.05, 3.63) is 35.9 Å². The van der Waals surface area contributed by atoms with Gasteiger partial charge in [-0.05, 0) is 47.9 Å². The minimum absolute atomic E-state index is 0.0232. The van der Waals surface area contributed by atoms with Crippen molar-refractivity contribution in [1.29, 1.82) is 0 Å². The smallest absolute Gasteiger partial charge is 0.418 e. The fourth-order valence-electron chi connectivity index (χ4n) is 6.99. The third-order valence-electron chi connectivity index (χ3n) is 8.26. The molecule has 0 radical (unpaired) electrons. The summed E-state index contributed by atoms with van der Waals surface area (Å²) in [5.74, 6) is 3.36. The van der Waals surface area contributed by atoms with Gasteiger partial charge in [0.15, 0.2) is 0 Å². The SMILES string of the molecule is CC1(C)C2CCC1([C@@H]1C3CCC(C3)[S+]1Cc1ccccc1)C(=O)C2.F[B-](F)(F)F. The second-order valence-corrected chi connectivity index (χ2v) is 12.2. The Morgan fingerprint density at radius 1 is 1.07 bits per heavy atom. The Labute approximate surface area is 173 Å². The maximum Gasteiger partial charge on any atom is 0.673 e. The summed E-state index contributed by atoms with van der Waals surface area (Å²) in [5.41, 5.74) is 1.75. The van der Waals surface area contributed by atoms with Crippen molar-refractivity contribution >= 4 is 23.9 Å². The van der Waals surface area contributed by atoms with Crippen molar-refractivity contribution in [3.63, 3.8) is 0 Å². The van der Waals surface area contributed by atoms with Crippen LogP contribution in [0.2, 0.25) is 0 Å². The molecule has 1 aliphatic heterocycles. The molecule has 1 nitrogen and oxygen atoms in total. The third kappa shape index (κ3) is 3.55. The predicted octanol–water partition coefficient (Wildman–Crippen LogP) is 6.05. The number of fused-ring (bicyclic) bond motifs is 4. The molecule has 3 saturated carbocycles. The van der Waals surface area contributed by atoms with Gasteiger partial charge in [0.05, 0.1) is 5.41 Å². The van der Waals surface area contributed by atoms with Crippen LogP contribution in [0.3, 0.4) is 0 Å². The molecule has 1 aromatic rings. The molecule has 5 unspecified atom stereocenters. The van der Waals surface area contributed by atoms with Gasteiger partial charge in [-0.25, -0.2) is 0 Å². The van der Waals surface area contributed by atoms with Crippen LogP contribution < -0.4 is 0 Å². The lowest BCUT2D eigenvalue weighted by Crippen LogP contribution is -2.53. The maximum absolute atomic E-state index is 13.2. The first-order valence-electron chi connectivity index (χ1n) is 10.7. The van der Waals surface area contributed by atoms with Crippen LogP contribution in [0.25, 0.3) is 0 Å². The largest absolute Gasteiger partial charge is 0.673 e. The molecule has 1 saturated heterocycles. The molecule has 1 aromatic carbocycles. The number of carbonyl (C=O) groups is 1. The molecule has 0 amide bonds. The topological polar surface area (TPSA) is 17.1 Å². The van der Waals surface area contributed by atoms with Crippen molar-refractivity contribution in [2.45, 2.75) is 68.6 Å². The number of ketones is 1. The molecule has 0 N–H and O–H groups in total. The van der Waals surface area contributed by atoms with E-state index in [-0.39, 0.29) is 10.8 Å². The van der Waals surface area contributed by atoms with Gasteiger partial charge in [-0.2, -0.15) is 0 Å². The summed E-state index contributed by atoms with van der Waals surface area (Å²) in [4.78, 5) is 13.2. The highest BCUT2D eigenvalue weighted by molar-refractivity contribution is 7.97. The minimum atomic E-state index is -6.00. The fourth-order valence-corrected chi connectivity index (χ4v) is 11.1. The average molecular weight is 428 g/mol. The van der Waals surface area contributed by atoms with Crippen molar-refractivity contribution in [3.8, 4) is 0 Å². The molecule has 1 heterocycles. The molecule has 7 heteroatoms. The van der Waals surface area contributed by atoms with Gasteiger partial charge in [0.1, 0.15) is 22.0 Å². The standard InChI is InChI=1S/C22H29OS.BF4/c1-21(2)17-10-11-22(21,19(23)13-17)20-16-8-9-18(12-16)24(20)14-15-6-4-3-5-7-15;2-1(3,4)5/h3-7,16-18,20H,8-14H2,1-2H3;/q+1;-1/t16?,17?,18?,20-,22?,24?;/m0./s1. The highest BCUT2D eigenvalue weighted by Gasteiger charge is 2.75. The number of carbonyl (C=O) groups excluding carboxylic acids is 1. The van der Waals surface area contributed by atoms with Crippen LogP contribution in [0.1, 0.15) is 57.9 Å². The van der Waals surface area contributed by atoms with Gasteiger partial charge in [-0.15, -0.1) is 0 Å². The Morgan fingerprint density at radius 2 is 1.72 bits per heavy atom. The van der Waals surface area contributed by atoms with E-state index in [2.05, 4.69) is 44.2 Å². The van der Waals surface area contributed by atoms with Gasteiger partial charge in [-0.3, -0.25) is 4.79 Å². The zero-order valence-corrected chi connectivity index (χ0v) is 17.9. The number of rotatable bonds is 3. The van der Waals surface area contributed by atoms with E-state index >= 15 is 0 Å². The lowest BCUT2D eigenvalue weighted by atomic mass is 9.64. The quantitative estimate of drug-likeness (QED) is 0.325. The number of hydrogen-bond acceptors (Lipinski definition) is 1. The monoisotopic (exact) mass is 428 g/mol. The molecule has 160 valence electrons. The molecule has 29 heavy (non-hydrogen) atoms. The summed E-state index contributed by atoms with van der Waals surface area (Å²) in [5, 5.41) is 1.59. The van der Waals surface area contributed by atoms with Gasteiger partial charge >= 0.3 is 7.25 Å². The Morgan fingerprint density at radius 3 is 2.28 bits per heavy atom. The van der Waals surface area contributed by atoms with Crippen molar-refractivity contribution in [2.24, 2.45) is 22.7 Å². The molecular weight excluding hydrogens is 399 g/mol. The number of hydrogen-bond donors (Lipinski definition) is 0. The Balaban J connectivity index is 0.000000369. The van der Waals surface area contributed by atoms with Crippen LogP contribution >= 0.6 is 0 Å². The van der Waals surface area contributed by atoms with Gasteiger partial charge in [-0.1, -0.05) is 44.2 Å². The van der Waals surface area contributed by atoms with Crippen LogP contribution in [-0.4, -0.2) is 23.5 Å². The summed E-state index contributed by atoms with van der Waals surface area (Å²) in [7, 11) is -5.59. The summed E-state index contributed by atoms with van der Waals surface area (Å²) in [6.45, 7) is 4.87. The van der Waals surface area contributed by atoms with E-state index in [1.165, 1.54) is 43.4 Å². The third-order valence-corrected chi connectivity index (χ3v) is 11.6. The first kappa shape index (κ1) is 21.3. The van der Waals surface area contributed by atoms with Gasteiger partial charge in [0.2, 0.25) is 0 Å². The maximum atomic E-state index is 13.2. The van der Waals surface area contributed by atoms with Gasteiger partial charge in [0, 0.05) is 24.3 Å². The molecule has 4 aliphatic rings. The highest BCUT2D eigenvalue weighted by atomic mass is 32.2. The second kappa shape index (κ2) is 7.31. The summed E-state index contributed by atoms with van der Waals surface area (Å²) in [6, 6.07) is 11.1.